The summed E-state index contributed by atoms with van der Waals surface area (Å²) in [4.78, 5) is 5.68. The molecule has 0 radical (unpaired) electrons. The Kier molecular flexibility index (Phi) is 4.73. The molecule has 0 saturated carbocycles. The van der Waals surface area contributed by atoms with Gasteiger partial charge in [0, 0.05) is 29.3 Å². The summed E-state index contributed by atoms with van der Waals surface area (Å²) < 4.78 is 41.0. The number of hydrogen-bond donors (Lipinski definition) is 0. The highest BCUT2D eigenvalue weighted by molar-refractivity contribution is 9.10. The van der Waals surface area contributed by atoms with E-state index in [9.17, 15) is 13.2 Å². The third-order valence-electron chi connectivity index (χ3n) is 2.96. The maximum absolute atomic E-state index is 12.9. The monoisotopic (exact) mass is 361 g/mol. The molecule has 7 heteroatoms. The van der Waals surface area contributed by atoms with Crippen molar-refractivity contribution < 1.29 is 13.2 Å². The van der Waals surface area contributed by atoms with E-state index in [-0.39, 0.29) is 0 Å². The number of aromatic nitrogens is 2. The zero-order chi connectivity index (χ0) is 15.6. The van der Waals surface area contributed by atoms with Gasteiger partial charge in [-0.25, -0.2) is 4.98 Å². The molecule has 21 heavy (non-hydrogen) atoms. The Hall–Kier alpha value is -1.34. The lowest BCUT2D eigenvalue weighted by atomic mass is 10.2. The summed E-state index contributed by atoms with van der Waals surface area (Å²) in [5.74, 6) is 0.330. The molecule has 0 aliphatic heterocycles. The highest BCUT2D eigenvalue weighted by atomic mass is 79.9. The second kappa shape index (κ2) is 6.19. The van der Waals surface area contributed by atoms with E-state index >= 15 is 0 Å². The van der Waals surface area contributed by atoms with Gasteiger partial charge in [-0.3, -0.25) is 0 Å². The van der Waals surface area contributed by atoms with E-state index in [1.54, 1.807) is 28.8 Å². The minimum absolute atomic E-state index is 0.330. The molecule has 0 unspecified atom stereocenters. The first kappa shape index (κ1) is 16.0. The van der Waals surface area contributed by atoms with Crippen molar-refractivity contribution in [1.29, 1.82) is 0 Å². The maximum Gasteiger partial charge on any atom is 0.434 e. The van der Waals surface area contributed by atoms with E-state index in [4.69, 9.17) is 0 Å². The first-order chi connectivity index (χ1) is 9.77. The van der Waals surface area contributed by atoms with Crippen LogP contribution in [0.1, 0.15) is 5.69 Å². The predicted octanol–water partition coefficient (Wildman–Crippen LogP) is 3.89. The number of hydrogen-bond acceptors (Lipinski definition) is 2. The van der Waals surface area contributed by atoms with Crippen LogP contribution in [0.3, 0.4) is 0 Å². The van der Waals surface area contributed by atoms with Crippen LogP contribution in [0.25, 0.3) is 11.4 Å². The molecule has 1 aromatic heterocycles. The highest BCUT2D eigenvalue weighted by Gasteiger charge is 2.34. The van der Waals surface area contributed by atoms with Crippen LogP contribution in [0.5, 0.6) is 0 Å². The highest BCUT2D eigenvalue weighted by Crippen LogP contribution is 2.31. The standard InChI is InChI=1S/C14H15BrF3N3/c1-20(2)7-8-21-9-12(14(16,17)18)19-13(21)10-3-5-11(15)6-4-10/h3-6,9H,7-8H2,1-2H3. The fourth-order valence-corrected chi connectivity index (χ4v) is 2.12. The van der Waals surface area contributed by atoms with Crippen molar-refractivity contribution in [3.05, 3.63) is 40.6 Å². The van der Waals surface area contributed by atoms with Crippen molar-refractivity contribution in [2.24, 2.45) is 0 Å². The molecule has 0 amide bonds. The number of imidazole rings is 1. The van der Waals surface area contributed by atoms with Gasteiger partial charge in [-0.15, -0.1) is 0 Å². The lowest BCUT2D eigenvalue weighted by Gasteiger charge is -2.12. The van der Waals surface area contributed by atoms with Crippen molar-refractivity contribution >= 4 is 15.9 Å². The molecule has 0 spiro atoms. The Morgan fingerprint density at radius 2 is 1.81 bits per heavy atom. The number of benzene rings is 1. The first-order valence-electron chi connectivity index (χ1n) is 6.32. The predicted molar refractivity (Wildman–Crippen MR) is 78.9 cm³/mol. The Labute approximate surface area is 129 Å². The fourth-order valence-electron chi connectivity index (χ4n) is 1.86. The van der Waals surface area contributed by atoms with Gasteiger partial charge in [0.15, 0.2) is 5.69 Å². The van der Waals surface area contributed by atoms with Gasteiger partial charge in [-0.05, 0) is 26.2 Å². The summed E-state index contributed by atoms with van der Waals surface area (Å²) in [6, 6.07) is 7.07. The lowest BCUT2D eigenvalue weighted by Crippen LogP contribution is -2.18. The van der Waals surface area contributed by atoms with Crippen LogP contribution < -0.4 is 0 Å². The van der Waals surface area contributed by atoms with Crippen LogP contribution in [0.15, 0.2) is 34.9 Å². The summed E-state index contributed by atoms with van der Waals surface area (Å²) in [7, 11) is 3.75. The van der Waals surface area contributed by atoms with Crippen LogP contribution in [0.2, 0.25) is 0 Å². The molecule has 0 aliphatic carbocycles. The molecule has 0 N–H and O–H groups in total. The van der Waals surface area contributed by atoms with E-state index in [1.165, 1.54) is 0 Å². The van der Waals surface area contributed by atoms with Crippen molar-refractivity contribution in [1.82, 2.24) is 14.5 Å². The number of nitrogens with zero attached hydrogens (tertiary/aromatic N) is 3. The Morgan fingerprint density at radius 3 is 2.33 bits per heavy atom. The minimum Gasteiger partial charge on any atom is -0.329 e. The van der Waals surface area contributed by atoms with E-state index in [0.717, 1.165) is 10.7 Å². The topological polar surface area (TPSA) is 21.1 Å². The smallest absolute Gasteiger partial charge is 0.329 e. The van der Waals surface area contributed by atoms with E-state index in [2.05, 4.69) is 20.9 Å². The van der Waals surface area contributed by atoms with Gasteiger partial charge in [0.05, 0.1) is 0 Å². The third kappa shape index (κ3) is 4.07. The average Bonchev–Trinajstić information content (AvgIpc) is 2.81. The number of likely N-dealkylation sites (N-methyl/N-ethyl adjacent to an activating group) is 1. The van der Waals surface area contributed by atoms with Crippen LogP contribution in [-0.2, 0) is 12.7 Å². The first-order valence-corrected chi connectivity index (χ1v) is 7.11. The molecule has 0 aliphatic rings. The molecule has 2 aromatic rings. The minimum atomic E-state index is -4.44. The molecule has 2 rings (SSSR count). The summed E-state index contributed by atoms with van der Waals surface area (Å²) >= 11 is 3.31. The van der Waals surface area contributed by atoms with Gasteiger partial charge < -0.3 is 9.47 Å². The molecule has 0 saturated heterocycles. The van der Waals surface area contributed by atoms with Crippen molar-refractivity contribution in [2.45, 2.75) is 12.7 Å². The zero-order valence-corrected chi connectivity index (χ0v) is 13.2. The van der Waals surface area contributed by atoms with Crippen LogP contribution in [0, 0.1) is 0 Å². The van der Waals surface area contributed by atoms with Gasteiger partial charge in [0.2, 0.25) is 0 Å². The summed E-state index contributed by atoms with van der Waals surface area (Å²) in [5, 5.41) is 0. The van der Waals surface area contributed by atoms with E-state index in [1.807, 2.05) is 19.0 Å². The van der Waals surface area contributed by atoms with Gasteiger partial charge in [-0.1, -0.05) is 28.1 Å². The molecular weight excluding hydrogens is 347 g/mol. The van der Waals surface area contributed by atoms with Gasteiger partial charge in [0.1, 0.15) is 5.82 Å². The van der Waals surface area contributed by atoms with E-state index < -0.39 is 11.9 Å². The quantitative estimate of drug-likeness (QED) is 0.823. The fraction of sp³-hybridized carbons (Fsp3) is 0.357. The lowest BCUT2D eigenvalue weighted by molar-refractivity contribution is -0.140. The largest absolute Gasteiger partial charge is 0.434 e. The maximum atomic E-state index is 12.9. The molecule has 0 bridgehead atoms. The Morgan fingerprint density at radius 1 is 1.19 bits per heavy atom. The normalized spacial score (nSPS) is 12.1. The van der Waals surface area contributed by atoms with Gasteiger partial charge in [0.25, 0.3) is 0 Å². The molecule has 1 aromatic carbocycles. The van der Waals surface area contributed by atoms with Gasteiger partial charge >= 0.3 is 6.18 Å². The Balaban J connectivity index is 2.41. The molecular formula is C14H15BrF3N3. The second-order valence-corrected chi connectivity index (χ2v) is 5.87. The summed E-state index contributed by atoms with van der Waals surface area (Å²) in [6.45, 7) is 1.08. The summed E-state index contributed by atoms with van der Waals surface area (Å²) in [5.41, 5.74) is -0.202. The number of halogens is 4. The molecule has 0 fully saturated rings. The van der Waals surface area contributed by atoms with Crippen LogP contribution in [0.4, 0.5) is 13.2 Å². The SMILES string of the molecule is CN(C)CCn1cc(C(F)(F)F)nc1-c1ccc(Br)cc1. The molecule has 0 atom stereocenters. The van der Waals surface area contributed by atoms with Crippen LogP contribution in [-0.4, -0.2) is 35.1 Å². The van der Waals surface area contributed by atoms with E-state index in [0.29, 0.717) is 24.5 Å². The number of rotatable bonds is 4. The molecule has 114 valence electrons. The van der Waals surface area contributed by atoms with Gasteiger partial charge in [-0.2, -0.15) is 13.2 Å². The molecule has 1 heterocycles. The molecule has 3 nitrogen and oxygen atoms in total. The second-order valence-electron chi connectivity index (χ2n) is 4.95. The van der Waals surface area contributed by atoms with Crippen molar-refractivity contribution in [2.75, 3.05) is 20.6 Å². The number of alkyl halides is 3. The van der Waals surface area contributed by atoms with Crippen molar-refractivity contribution in [3.63, 3.8) is 0 Å². The average molecular weight is 362 g/mol. The zero-order valence-electron chi connectivity index (χ0n) is 11.7. The van der Waals surface area contributed by atoms with Crippen molar-refractivity contribution in [3.8, 4) is 11.4 Å². The van der Waals surface area contributed by atoms with Crippen LogP contribution >= 0.6 is 15.9 Å². The Bertz CT molecular complexity index is 603. The third-order valence-corrected chi connectivity index (χ3v) is 3.49. The summed E-state index contributed by atoms with van der Waals surface area (Å²) in [6.07, 6.45) is -3.37.